The molecular weight excluding hydrogens is 252 g/mol. The van der Waals surface area contributed by atoms with Crippen LogP contribution >= 0.6 is 0 Å². The Bertz CT molecular complexity index is 575. The summed E-state index contributed by atoms with van der Waals surface area (Å²) in [5.41, 5.74) is 1.92. The van der Waals surface area contributed by atoms with Crippen LogP contribution in [0.3, 0.4) is 0 Å². The normalized spacial score (nSPS) is 10.6. The fraction of sp³-hybridized carbons (Fsp3) is 0.500. The van der Waals surface area contributed by atoms with E-state index >= 15 is 0 Å². The van der Waals surface area contributed by atoms with Crippen molar-refractivity contribution in [2.24, 2.45) is 7.05 Å². The van der Waals surface area contributed by atoms with Gasteiger partial charge < -0.3 is 10.6 Å². The standard InChI is InChI=1S/C14H22N6/c1-5-7-15-13-8-14(18-12(6-2)17-13)16-11-9-20(4)19-10(11)3/h8-9H,5-7H2,1-4H3,(H2,15,16,17,18). The summed E-state index contributed by atoms with van der Waals surface area (Å²) in [5, 5.41) is 10.9. The first-order valence-electron chi connectivity index (χ1n) is 7.01. The Kier molecular flexibility index (Phi) is 4.55. The average Bonchev–Trinajstić information content (AvgIpc) is 2.74. The van der Waals surface area contributed by atoms with Gasteiger partial charge >= 0.3 is 0 Å². The van der Waals surface area contributed by atoms with Crippen molar-refractivity contribution in [3.63, 3.8) is 0 Å². The Labute approximate surface area is 119 Å². The number of rotatable bonds is 6. The maximum atomic E-state index is 4.51. The summed E-state index contributed by atoms with van der Waals surface area (Å²) < 4.78 is 1.79. The number of aromatic nitrogens is 4. The molecule has 0 atom stereocenters. The van der Waals surface area contributed by atoms with Gasteiger partial charge in [-0.05, 0) is 13.3 Å². The van der Waals surface area contributed by atoms with E-state index in [1.165, 1.54) is 0 Å². The molecule has 0 aliphatic heterocycles. The van der Waals surface area contributed by atoms with Crippen molar-refractivity contribution >= 4 is 17.3 Å². The molecule has 0 saturated carbocycles. The van der Waals surface area contributed by atoms with Crippen LogP contribution in [0.5, 0.6) is 0 Å². The number of aryl methyl sites for hydroxylation is 3. The Morgan fingerprint density at radius 2 is 1.95 bits per heavy atom. The summed E-state index contributed by atoms with van der Waals surface area (Å²) in [6.07, 6.45) is 3.82. The van der Waals surface area contributed by atoms with Crippen molar-refractivity contribution in [1.82, 2.24) is 19.7 Å². The SMILES string of the molecule is CCCNc1cc(Nc2cn(C)nc2C)nc(CC)n1. The Morgan fingerprint density at radius 1 is 1.20 bits per heavy atom. The summed E-state index contributed by atoms with van der Waals surface area (Å²) in [6.45, 7) is 7.07. The highest BCUT2D eigenvalue weighted by atomic mass is 15.3. The summed E-state index contributed by atoms with van der Waals surface area (Å²) in [6, 6.07) is 1.93. The average molecular weight is 274 g/mol. The van der Waals surface area contributed by atoms with E-state index in [-0.39, 0.29) is 0 Å². The van der Waals surface area contributed by atoms with E-state index in [1.54, 1.807) is 4.68 Å². The monoisotopic (exact) mass is 274 g/mol. The molecule has 2 rings (SSSR count). The van der Waals surface area contributed by atoms with Crippen LogP contribution in [0.25, 0.3) is 0 Å². The van der Waals surface area contributed by atoms with Crippen LogP contribution in [0.1, 0.15) is 31.8 Å². The van der Waals surface area contributed by atoms with Gasteiger partial charge in [-0.1, -0.05) is 13.8 Å². The highest BCUT2D eigenvalue weighted by Crippen LogP contribution is 2.20. The smallest absolute Gasteiger partial charge is 0.136 e. The largest absolute Gasteiger partial charge is 0.370 e. The lowest BCUT2D eigenvalue weighted by Gasteiger charge is -2.09. The van der Waals surface area contributed by atoms with Gasteiger partial charge in [-0.2, -0.15) is 5.10 Å². The zero-order valence-electron chi connectivity index (χ0n) is 12.6. The zero-order valence-corrected chi connectivity index (χ0v) is 12.6. The molecular formula is C14H22N6. The summed E-state index contributed by atoms with van der Waals surface area (Å²) >= 11 is 0. The second-order valence-electron chi connectivity index (χ2n) is 4.76. The molecule has 108 valence electrons. The minimum Gasteiger partial charge on any atom is -0.370 e. The third kappa shape index (κ3) is 3.46. The van der Waals surface area contributed by atoms with Crippen LogP contribution in [-0.4, -0.2) is 26.3 Å². The predicted molar refractivity (Wildman–Crippen MR) is 81.4 cm³/mol. The second-order valence-corrected chi connectivity index (χ2v) is 4.76. The fourth-order valence-electron chi connectivity index (χ4n) is 1.92. The molecule has 0 unspecified atom stereocenters. The number of hydrogen-bond donors (Lipinski definition) is 2. The van der Waals surface area contributed by atoms with Crippen molar-refractivity contribution in [2.75, 3.05) is 17.2 Å². The van der Waals surface area contributed by atoms with Crippen LogP contribution in [-0.2, 0) is 13.5 Å². The fourth-order valence-corrected chi connectivity index (χ4v) is 1.92. The first-order valence-corrected chi connectivity index (χ1v) is 7.01. The maximum absolute atomic E-state index is 4.51. The van der Waals surface area contributed by atoms with Gasteiger partial charge in [-0.3, -0.25) is 4.68 Å². The molecule has 0 fully saturated rings. The molecule has 0 radical (unpaired) electrons. The molecule has 0 amide bonds. The van der Waals surface area contributed by atoms with Gasteiger partial charge in [0, 0.05) is 32.3 Å². The van der Waals surface area contributed by atoms with Crippen molar-refractivity contribution in [3.8, 4) is 0 Å². The number of anilines is 3. The Balaban J connectivity index is 2.23. The van der Waals surface area contributed by atoms with Gasteiger partial charge in [0.1, 0.15) is 17.5 Å². The molecule has 0 aliphatic rings. The van der Waals surface area contributed by atoms with Gasteiger partial charge in [0.05, 0.1) is 11.4 Å². The lowest BCUT2D eigenvalue weighted by molar-refractivity contribution is 0.756. The van der Waals surface area contributed by atoms with Gasteiger partial charge in [-0.15, -0.1) is 0 Å². The molecule has 0 saturated heterocycles. The number of nitrogens with zero attached hydrogens (tertiary/aromatic N) is 4. The summed E-state index contributed by atoms with van der Waals surface area (Å²) in [7, 11) is 1.91. The molecule has 2 N–H and O–H groups in total. The Morgan fingerprint density at radius 3 is 2.55 bits per heavy atom. The molecule has 0 bridgehead atoms. The molecule has 20 heavy (non-hydrogen) atoms. The van der Waals surface area contributed by atoms with Crippen LogP contribution in [0.4, 0.5) is 17.3 Å². The van der Waals surface area contributed by atoms with Crippen LogP contribution in [0.2, 0.25) is 0 Å². The number of hydrogen-bond acceptors (Lipinski definition) is 5. The lowest BCUT2D eigenvalue weighted by atomic mass is 10.3. The number of nitrogens with one attached hydrogen (secondary N) is 2. The minimum atomic E-state index is 0.798. The summed E-state index contributed by atoms with van der Waals surface area (Å²) in [4.78, 5) is 8.98. The van der Waals surface area contributed by atoms with Crippen molar-refractivity contribution in [1.29, 1.82) is 0 Å². The summed E-state index contributed by atoms with van der Waals surface area (Å²) in [5.74, 6) is 2.49. The van der Waals surface area contributed by atoms with Gasteiger partial charge in [0.25, 0.3) is 0 Å². The van der Waals surface area contributed by atoms with Crippen molar-refractivity contribution < 1.29 is 0 Å². The van der Waals surface area contributed by atoms with Crippen LogP contribution < -0.4 is 10.6 Å². The molecule has 2 heterocycles. The maximum Gasteiger partial charge on any atom is 0.136 e. The van der Waals surface area contributed by atoms with E-state index in [0.717, 1.165) is 48.2 Å². The van der Waals surface area contributed by atoms with Crippen LogP contribution in [0, 0.1) is 6.92 Å². The van der Waals surface area contributed by atoms with E-state index in [2.05, 4.69) is 39.5 Å². The third-order valence-electron chi connectivity index (χ3n) is 2.92. The van der Waals surface area contributed by atoms with E-state index in [9.17, 15) is 0 Å². The zero-order chi connectivity index (χ0) is 14.5. The molecule has 0 spiro atoms. The topological polar surface area (TPSA) is 67.7 Å². The van der Waals surface area contributed by atoms with E-state index in [1.807, 2.05) is 26.2 Å². The van der Waals surface area contributed by atoms with Gasteiger partial charge in [-0.25, -0.2) is 9.97 Å². The van der Waals surface area contributed by atoms with E-state index in [0.29, 0.717) is 0 Å². The quantitative estimate of drug-likeness (QED) is 0.847. The predicted octanol–water partition coefficient (Wildman–Crippen LogP) is 2.65. The molecule has 0 aliphatic carbocycles. The van der Waals surface area contributed by atoms with Gasteiger partial charge in [0.2, 0.25) is 0 Å². The van der Waals surface area contributed by atoms with Crippen molar-refractivity contribution in [2.45, 2.75) is 33.6 Å². The molecule has 6 nitrogen and oxygen atoms in total. The molecule has 2 aromatic heterocycles. The minimum absolute atomic E-state index is 0.798. The first-order chi connectivity index (χ1) is 9.62. The molecule has 0 aromatic carbocycles. The van der Waals surface area contributed by atoms with Gasteiger partial charge in [0.15, 0.2) is 0 Å². The highest BCUT2D eigenvalue weighted by molar-refractivity contribution is 5.60. The van der Waals surface area contributed by atoms with Crippen molar-refractivity contribution in [3.05, 3.63) is 23.8 Å². The Hall–Kier alpha value is -2.11. The van der Waals surface area contributed by atoms with E-state index in [4.69, 9.17) is 0 Å². The van der Waals surface area contributed by atoms with E-state index < -0.39 is 0 Å². The molecule has 6 heteroatoms. The highest BCUT2D eigenvalue weighted by Gasteiger charge is 2.07. The first kappa shape index (κ1) is 14.3. The second kappa shape index (κ2) is 6.36. The molecule has 2 aromatic rings. The van der Waals surface area contributed by atoms with Crippen LogP contribution in [0.15, 0.2) is 12.3 Å². The third-order valence-corrected chi connectivity index (χ3v) is 2.92. The lowest BCUT2D eigenvalue weighted by Crippen LogP contribution is -2.07.